The number of methoxy groups -OCH3 is 1. The fourth-order valence-corrected chi connectivity index (χ4v) is 7.58. The van der Waals surface area contributed by atoms with E-state index in [0.29, 0.717) is 10.3 Å². The lowest BCUT2D eigenvalue weighted by Gasteiger charge is -2.21. The van der Waals surface area contributed by atoms with E-state index in [1.807, 2.05) is 12.1 Å². The van der Waals surface area contributed by atoms with Crippen molar-refractivity contribution in [2.75, 3.05) is 19.0 Å². The Kier molecular flexibility index (Phi) is 5.62. The number of hydrogen-bond acceptors (Lipinski definition) is 6. The predicted molar refractivity (Wildman–Crippen MR) is 122 cm³/mol. The number of aryl methyl sites for hydroxylation is 2. The normalized spacial score (nSPS) is 23.1. The second-order valence-electron chi connectivity index (χ2n) is 8.45. The summed E-state index contributed by atoms with van der Waals surface area (Å²) in [5.41, 5.74) is 6.77. The third-order valence-electron chi connectivity index (χ3n) is 6.51. The standard InChI is InChI=1S/C22H30N4O2S2/c1-28-22(25-21-16-7-2-5-14(16)13-15-6-3-8-17(15)21)26-30(23,27)20-11-10-19(29-20)18-9-4-12-24-18/h10-11,13,18,22,24-25H,2-9,12H2,1H3,(H2,23,26,27)/t18-,22?,30?/m0/s1. The van der Waals surface area contributed by atoms with Gasteiger partial charge < -0.3 is 15.4 Å². The first-order valence-corrected chi connectivity index (χ1v) is 13.3. The molecule has 2 aromatic rings. The topological polar surface area (TPSA) is 88.7 Å². The van der Waals surface area contributed by atoms with Crippen molar-refractivity contribution in [2.24, 2.45) is 9.50 Å². The highest BCUT2D eigenvalue weighted by Gasteiger charge is 2.26. The van der Waals surface area contributed by atoms with Crippen LogP contribution in [0, 0.1) is 0 Å². The molecule has 0 saturated carbocycles. The zero-order valence-electron chi connectivity index (χ0n) is 17.4. The molecule has 6 nitrogen and oxygen atoms in total. The van der Waals surface area contributed by atoms with E-state index in [-0.39, 0.29) is 0 Å². The van der Waals surface area contributed by atoms with Crippen molar-refractivity contribution >= 4 is 26.9 Å². The number of nitrogens with zero attached hydrogens (tertiary/aromatic N) is 1. The Morgan fingerprint density at radius 3 is 2.57 bits per heavy atom. The Morgan fingerprint density at radius 1 is 1.20 bits per heavy atom. The van der Waals surface area contributed by atoms with Gasteiger partial charge in [-0.1, -0.05) is 6.07 Å². The first-order valence-electron chi connectivity index (χ1n) is 10.9. The molecular formula is C22H30N4O2S2. The fourth-order valence-electron chi connectivity index (χ4n) is 5.04. The molecule has 8 heteroatoms. The largest absolute Gasteiger partial charge is 0.342 e. The van der Waals surface area contributed by atoms with Crippen molar-refractivity contribution in [3.63, 3.8) is 0 Å². The summed E-state index contributed by atoms with van der Waals surface area (Å²) in [6, 6.07) is 6.61. The third-order valence-corrected chi connectivity index (χ3v) is 9.69. The van der Waals surface area contributed by atoms with Crippen molar-refractivity contribution in [1.82, 2.24) is 5.32 Å². The molecule has 4 N–H and O–H groups in total. The summed E-state index contributed by atoms with van der Waals surface area (Å²) in [4.78, 5) is 1.18. The minimum absolute atomic E-state index is 0.338. The highest BCUT2D eigenvalue weighted by molar-refractivity contribution is 7.93. The van der Waals surface area contributed by atoms with Crippen molar-refractivity contribution in [1.29, 1.82) is 0 Å². The van der Waals surface area contributed by atoms with Gasteiger partial charge in [0, 0.05) is 23.7 Å². The van der Waals surface area contributed by atoms with Crippen LogP contribution in [0.2, 0.25) is 0 Å². The number of hydrogen-bond donors (Lipinski definition) is 3. The molecule has 1 fully saturated rings. The lowest BCUT2D eigenvalue weighted by atomic mass is 9.99. The average Bonchev–Trinajstić information content (AvgIpc) is 3.53. The Labute approximate surface area is 182 Å². The van der Waals surface area contributed by atoms with Crippen LogP contribution in [0.3, 0.4) is 0 Å². The van der Waals surface area contributed by atoms with Crippen LogP contribution in [-0.4, -0.2) is 24.2 Å². The van der Waals surface area contributed by atoms with Crippen molar-refractivity contribution in [3.8, 4) is 0 Å². The van der Waals surface area contributed by atoms with Crippen LogP contribution in [0.25, 0.3) is 0 Å². The van der Waals surface area contributed by atoms with Crippen LogP contribution >= 0.6 is 11.3 Å². The summed E-state index contributed by atoms with van der Waals surface area (Å²) in [7, 11) is -1.46. The van der Waals surface area contributed by atoms with Gasteiger partial charge in [0.15, 0.2) is 0 Å². The predicted octanol–water partition coefficient (Wildman–Crippen LogP) is 3.89. The second kappa shape index (κ2) is 8.24. The molecule has 5 rings (SSSR count). The molecular weight excluding hydrogens is 416 g/mol. The number of benzene rings is 1. The fraction of sp³-hybridized carbons (Fsp3) is 0.545. The van der Waals surface area contributed by atoms with Gasteiger partial charge in [-0.05, 0) is 92.3 Å². The molecule has 0 bridgehead atoms. The maximum absolute atomic E-state index is 13.3. The van der Waals surface area contributed by atoms with E-state index in [1.54, 1.807) is 7.11 Å². The van der Waals surface area contributed by atoms with Gasteiger partial charge in [0.05, 0.1) is 0 Å². The molecule has 1 aliphatic heterocycles. The van der Waals surface area contributed by atoms with Gasteiger partial charge in [-0.3, -0.25) is 0 Å². The van der Waals surface area contributed by atoms with Gasteiger partial charge in [-0.15, -0.1) is 11.3 Å². The number of nitrogens with one attached hydrogen (secondary N) is 2. The van der Waals surface area contributed by atoms with Gasteiger partial charge in [-0.25, -0.2) is 9.35 Å². The first-order chi connectivity index (χ1) is 14.5. The number of nitrogens with two attached hydrogens (primary N) is 1. The van der Waals surface area contributed by atoms with E-state index in [9.17, 15) is 4.21 Å². The van der Waals surface area contributed by atoms with Crippen LogP contribution in [0.5, 0.6) is 0 Å². The number of anilines is 1. The second-order valence-corrected chi connectivity index (χ2v) is 11.6. The highest BCUT2D eigenvalue weighted by Crippen LogP contribution is 2.39. The lowest BCUT2D eigenvalue weighted by Crippen LogP contribution is -2.25. The van der Waals surface area contributed by atoms with Gasteiger partial charge in [0.25, 0.3) is 0 Å². The Morgan fingerprint density at radius 2 is 1.93 bits per heavy atom. The SMILES string of the molecule is COC(N=S(N)(=O)c1ccc([C@@H]2CCCN2)s1)Nc1c2c(cc3c1CCC3)CCC2. The van der Waals surface area contributed by atoms with E-state index in [0.717, 1.165) is 44.3 Å². The Hall–Kier alpha value is -1.45. The van der Waals surface area contributed by atoms with Crippen LogP contribution in [-0.2, 0) is 40.3 Å². The smallest absolute Gasteiger partial charge is 0.235 e. The van der Waals surface area contributed by atoms with E-state index >= 15 is 0 Å². The summed E-state index contributed by atoms with van der Waals surface area (Å²) in [5.74, 6) is 0. The van der Waals surface area contributed by atoms with Gasteiger partial charge >= 0.3 is 0 Å². The lowest BCUT2D eigenvalue weighted by molar-refractivity contribution is 0.134. The maximum atomic E-state index is 13.3. The van der Waals surface area contributed by atoms with Crippen molar-refractivity contribution in [2.45, 2.75) is 68.0 Å². The van der Waals surface area contributed by atoms with Crippen molar-refractivity contribution < 1.29 is 8.95 Å². The van der Waals surface area contributed by atoms with Gasteiger partial charge in [0.2, 0.25) is 6.35 Å². The molecule has 2 unspecified atom stereocenters. The number of ether oxygens (including phenoxy) is 1. The molecule has 1 aromatic carbocycles. The minimum Gasteiger partial charge on any atom is -0.342 e. The molecule has 1 aromatic heterocycles. The quantitative estimate of drug-likeness (QED) is 0.587. The van der Waals surface area contributed by atoms with E-state index < -0.39 is 16.3 Å². The van der Waals surface area contributed by atoms with Crippen LogP contribution in [0.4, 0.5) is 5.69 Å². The third kappa shape index (κ3) is 3.80. The summed E-state index contributed by atoms with van der Waals surface area (Å²) in [6.07, 6.45) is 8.31. The molecule has 3 atom stereocenters. The molecule has 0 amide bonds. The number of rotatable bonds is 6. The molecule has 1 saturated heterocycles. The van der Waals surface area contributed by atoms with E-state index in [1.165, 1.54) is 57.7 Å². The summed E-state index contributed by atoms with van der Waals surface area (Å²) in [5, 5.41) is 13.2. The maximum Gasteiger partial charge on any atom is 0.235 e. The van der Waals surface area contributed by atoms with Gasteiger partial charge in [-0.2, -0.15) is 4.36 Å². The average molecular weight is 447 g/mol. The van der Waals surface area contributed by atoms with Crippen LogP contribution in [0.1, 0.15) is 58.9 Å². The van der Waals surface area contributed by atoms with Gasteiger partial charge in [0.1, 0.15) is 14.1 Å². The van der Waals surface area contributed by atoms with E-state index in [4.69, 9.17) is 9.88 Å². The molecule has 0 spiro atoms. The number of fused-ring (bicyclic) bond motifs is 2. The monoisotopic (exact) mass is 446 g/mol. The first kappa shape index (κ1) is 20.5. The molecule has 2 aliphatic carbocycles. The molecule has 162 valence electrons. The van der Waals surface area contributed by atoms with E-state index in [2.05, 4.69) is 21.1 Å². The summed E-state index contributed by atoms with van der Waals surface area (Å²) < 4.78 is 24.0. The van der Waals surface area contributed by atoms with Crippen LogP contribution < -0.4 is 15.8 Å². The summed E-state index contributed by atoms with van der Waals surface area (Å²) in [6.45, 7) is 1.03. The number of thiophene rings is 1. The van der Waals surface area contributed by atoms with Crippen molar-refractivity contribution in [3.05, 3.63) is 45.3 Å². The molecule has 30 heavy (non-hydrogen) atoms. The summed E-state index contributed by atoms with van der Waals surface area (Å²) >= 11 is 1.50. The highest BCUT2D eigenvalue weighted by atomic mass is 32.2. The molecule has 0 radical (unpaired) electrons. The molecule has 2 heterocycles. The minimum atomic E-state index is -3.05. The Bertz CT molecular complexity index is 1030. The molecule has 3 aliphatic rings. The van der Waals surface area contributed by atoms with Crippen LogP contribution in [0.15, 0.2) is 26.8 Å². The zero-order valence-corrected chi connectivity index (χ0v) is 19.0. The zero-order chi connectivity index (χ0) is 20.7. The Balaban J connectivity index is 1.44.